The van der Waals surface area contributed by atoms with Gasteiger partial charge >= 0.3 is 0 Å². The predicted octanol–water partition coefficient (Wildman–Crippen LogP) is 2.27. The quantitative estimate of drug-likeness (QED) is 0.881. The molecule has 6 heteroatoms. The van der Waals surface area contributed by atoms with Gasteiger partial charge in [-0.3, -0.25) is 4.31 Å². The molecule has 0 spiro atoms. The molecule has 0 heterocycles. The molecule has 5 nitrogen and oxygen atoms in total. The van der Waals surface area contributed by atoms with Gasteiger partial charge in [-0.2, -0.15) is 5.26 Å². The highest BCUT2D eigenvalue weighted by molar-refractivity contribution is 7.93. The second-order valence-electron chi connectivity index (χ2n) is 4.62. The average molecular weight is 301 g/mol. The van der Waals surface area contributed by atoms with Gasteiger partial charge in [-0.15, -0.1) is 0 Å². The molecule has 2 rings (SSSR count). The van der Waals surface area contributed by atoms with Gasteiger partial charge in [0.25, 0.3) is 10.0 Å². The second-order valence-corrected chi connectivity index (χ2v) is 6.53. The molecule has 0 radical (unpaired) electrons. The summed E-state index contributed by atoms with van der Waals surface area (Å²) in [6, 6.07) is 13.3. The monoisotopic (exact) mass is 301 g/mol. The zero-order valence-electron chi connectivity index (χ0n) is 11.7. The van der Waals surface area contributed by atoms with Crippen molar-refractivity contribution in [3.8, 4) is 6.07 Å². The highest BCUT2D eigenvalue weighted by Crippen LogP contribution is 2.28. The number of hydrogen-bond donors (Lipinski definition) is 1. The molecule has 2 aromatic carbocycles. The molecule has 21 heavy (non-hydrogen) atoms. The predicted molar refractivity (Wildman–Crippen MR) is 82.3 cm³/mol. The van der Waals surface area contributed by atoms with Crippen molar-refractivity contribution in [1.82, 2.24) is 0 Å². The molecule has 2 aromatic rings. The maximum absolute atomic E-state index is 12.7. The van der Waals surface area contributed by atoms with Gasteiger partial charge in [0, 0.05) is 7.05 Å². The van der Waals surface area contributed by atoms with Crippen LogP contribution in [0, 0.1) is 18.3 Å². The minimum atomic E-state index is -3.75. The number of nitriles is 1. The Bertz CT molecular complexity index is 786. The fourth-order valence-electron chi connectivity index (χ4n) is 2.05. The van der Waals surface area contributed by atoms with Crippen molar-refractivity contribution in [2.75, 3.05) is 17.1 Å². The first kappa shape index (κ1) is 14.9. The molecule has 0 saturated heterocycles. The van der Waals surface area contributed by atoms with E-state index in [9.17, 15) is 8.42 Å². The summed E-state index contributed by atoms with van der Waals surface area (Å²) in [5.41, 5.74) is 7.57. The van der Waals surface area contributed by atoms with Crippen LogP contribution in [-0.4, -0.2) is 15.5 Å². The molecule has 0 aromatic heterocycles. The Morgan fingerprint density at radius 1 is 1.14 bits per heavy atom. The Balaban J connectivity index is 2.50. The second kappa shape index (κ2) is 5.46. The third kappa shape index (κ3) is 2.69. The first-order valence-corrected chi connectivity index (χ1v) is 7.66. The first-order valence-electron chi connectivity index (χ1n) is 6.22. The number of anilines is 2. The molecule has 0 aliphatic heterocycles. The summed E-state index contributed by atoms with van der Waals surface area (Å²) in [7, 11) is -2.29. The van der Waals surface area contributed by atoms with Gasteiger partial charge in [0.05, 0.1) is 23.0 Å². The molecule has 0 aliphatic carbocycles. The summed E-state index contributed by atoms with van der Waals surface area (Å²) in [5, 5.41) is 8.78. The largest absolute Gasteiger partial charge is 0.398 e. The fraction of sp³-hybridized carbons (Fsp3) is 0.133. The van der Waals surface area contributed by atoms with E-state index in [0.29, 0.717) is 16.8 Å². The SMILES string of the molecule is Cc1cccc(N)c1S(=O)(=O)N(C)c1ccc(C#N)cc1. The Morgan fingerprint density at radius 2 is 1.76 bits per heavy atom. The number of nitrogens with two attached hydrogens (primary N) is 1. The van der Waals surface area contributed by atoms with E-state index in [-0.39, 0.29) is 10.6 Å². The van der Waals surface area contributed by atoms with Crippen LogP contribution in [0.25, 0.3) is 0 Å². The Labute approximate surface area is 124 Å². The van der Waals surface area contributed by atoms with E-state index in [2.05, 4.69) is 0 Å². The number of aryl methyl sites for hydroxylation is 1. The van der Waals surface area contributed by atoms with Gasteiger partial charge in [-0.1, -0.05) is 12.1 Å². The van der Waals surface area contributed by atoms with Crippen LogP contribution in [0.15, 0.2) is 47.4 Å². The number of nitrogens with zero attached hydrogens (tertiary/aromatic N) is 2. The minimum Gasteiger partial charge on any atom is -0.398 e. The van der Waals surface area contributed by atoms with Crippen LogP contribution in [0.2, 0.25) is 0 Å². The van der Waals surface area contributed by atoms with Gasteiger partial charge < -0.3 is 5.73 Å². The fourth-order valence-corrected chi connectivity index (χ4v) is 3.56. The average Bonchev–Trinajstić information content (AvgIpc) is 2.46. The lowest BCUT2D eigenvalue weighted by Crippen LogP contribution is -2.28. The number of hydrogen-bond acceptors (Lipinski definition) is 4. The van der Waals surface area contributed by atoms with Crippen LogP contribution in [0.3, 0.4) is 0 Å². The summed E-state index contributed by atoms with van der Waals surface area (Å²) in [4.78, 5) is 0.108. The van der Waals surface area contributed by atoms with E-state index in [1.165, 1.54) is 7.05 Å². The Kier molecular flexibility index (Phi) is 3.87. The van der Waals surface area contributed by atoms with Crippen molar-refractivity contribution in [3.05, 3.63) is 53.6 Å². The molecule has 0 fully saturated rings. The third-order valence-corrected chi connectivity index (χ3v) is 5.23. The van der Waals surface area contributed by atoms with Crippen LogP contribution in [0.4, 0.5) is 11.4 Å². The first-order chi connectivity index (χ1) is 9.87. The zero-order chi connectivity index (χ0) is 15.6. The molecule has 0 unspecified atom stereocenters. The molecular weight excluding hydrogens is 286 g/mol. The maximum atomic E-state index is 12.7. The van der Waals surface area contributed by atoms with Crippen LogP contribution in [-0.2, 0) is 10.0 Å². The topological polar surface area (TPSA) is 87.2 Å². The van der Waals surface area contributed by atoms with Crippen LogP contribution >= 0.6 is 0 Å². The Hall–Kier alpha value is -2.52. The standard InChI is InChI=1S/C15H15N3O2S/c1-11-4-3-5-14(17)15(11)21(19,20)18(2)13-8-6-12(10-16)7-9-13/h3-9H,17H2,1-2H3. The Morgan fingerprint density at radius 3 is 2.29 bits per heavy atom. The van der Waals surface area contributed by atoms with Crippen molar-refractivity contribution < 1.29 is 8.42 Å². The molecule has 0 saturated carbocycles. The lowest BCUT2D eigenvalue weighted by Gasteiger charge is -2.21. The van der Waals surface area contributed by atoms with Crippen LogP contribution in [0.5, 0.6) is 0 Å². The summed E-state index contributed by atoms with van der Waals surface area (Å²) in [6.45, 7) is 1.70. The van der Waals surface area contributed by atoms with Gasteiger partial charge in [0.15, 0.2) is 0 Å². The van der Waals surface area contributed by atoms with Gasteiger partial charge in [0.1, 0.15) is 4.90 Å². The van der Waals surface area contributed by atoms with E-state index in [4.69, 9.17) is 11.0 Å². The summed E-state index contributed by atoms with van der Waals surface area (Å²) in [5.74, 6) is 0. The van der Waals surface area contributed by atoms with Crippen molar-refractivity contribution in [3.63, 3.8) is 0 Å². The van der Waals surface area contributed by atoms with E-state index in [1.54, 1.807) is 49.4 Å². The number of nitrogen functional groups attached to an aromatic ring is 1. The van der Waals surface area contributed by atoms with Gasteiger partial charge in [-0.25, -0.2) is 8.42 Å². The number of sulfonamides is 1. The van der Waals surface area contributed by atoms with E-state index < -0.39 is 10.0 Å². The summed E-state index contributed by atoms with van der Waals surface area (Å²) >= 11 is 0. The normalized spacial score (nSPS) is 10.9. The molecule has 0 amide bonds. The van der Waals surface area contributed by atoms with Crippen LogP contribution in [0.1, 0.15) is 11.1 Å². The smallest absolute Gasteiger partial charge is 0.266 e. The summed E-state index contributed by atoms with van der Waals surface area (Å²) < 4.78 is 26.6. The maximum Gasteiger partial charge on any atom is 0.266 e. The highest BCUT2D eigenvalue weighted by Gasteiger charge is 2.25. The number of benzene rings is 2. The van der Waals surface area contributed by atoms with Gasteiger partial charge in [0.2, 0.25) is 0 Å². The van der Waals surface area contributed by atoms with Crippen molar-refractivity contribution >= 4 is 21.4 Å². The zero-order valence-corrected chi connectivity index (χ0v) is 12.6. The third-order valence-electron chi connectivity index (χ3n) is 3.22. The van der Waals surface area contributed by atoms with Crippen molar-refractivity contribution in [1.29, 1.82) is 5.26 Å². The lowest BCUT2D eigenvalue weighted by atomic mass is 10.2. The molecule has 2 N–H and O–H groups in total. The molecule has 0 aliphatic rings. The molecule has 0 bridgehead atoms. The minimum absolute atomic E-state index is 0.108. The molecular formula is C15H15N3O2S. The van der Waals surface area contributed by atoms with E-state index in [0.717, 1.165) is 4.31 Å². The summed E-state index contributed by atoms with van der Waals surface area (Å²) in [6.07, 6.45) is 0. The van der Waals surface area contributed by atoms with E-state index >= 15 is 0 Å². The van der Waals surface area contributed by atoms with Crippen molar-refractivity contribution in [2.24, 2.45) is 0 Å². The van der Waals surface area contributed by atoms with Crippen molar-refractivity contribution in [2.45, 2.75) is 11.8 Å². The van der Waals surface area contributed by atoms with Crippen LogP contribution < -0.4 is 10.0 Å². The lowest BCUT2D eigenvalue weighted by molar-refractivity contribution is 0.594. The van der Waals surface area contributed by atoms with E-state index in [1.807, 2.05) is 6.07 Å². The van der Waals surface area contributed by atoms with Gasteiger partial charge in [-0.05, 0) is 42.8 Å². The highest BCUT2D eigenvalue weighted by atomic mass is 32.2. The number of rotatable bonds is 3. The molecule has 0 atom stereocenters. The molecule has 108 valence electrons.